The minimum Gasteiger partial charge on any atom is -0.444 e. The highest BCUT2D eigenvalue weighted by atomic mass is 35.5. The number of amides is 1. The van der Waals surface area contributed by atoms with Gasteiger partial charge < -0.3 is 15.0 Å². The highest BCUT2D eigenvalue weighted by molar-refractivity contribution is 6.31. The molecule has 0 bridgehead atoms. The molecule has 2 aromatic heterocycles. The number of rotatable bonds is 4. The molecule has 0 unspecified atom stereocenters. The Kier molecular flexibility index (Phi) is 7.27. The first-order valence-corrected chi connectivity index (χ1v) is 11.8. The Hall–Kier alpha value is -2.35. The molecule has 1 amide bonds. The predicted octanol–water partition coefficient (Wildman–Crippen LogP) is 6.07. The van der Waals surface area contributed by atoms with Crippen molar-refractivity contribution < 1.29 is 13.9 Å². The molecule has 2 aromatic rings. The second-order valence-electron chi connectivity index (χ2n) is 10.7. The summed E-state index contributed by atoms with van der Waals surface area (Å²) in [6.45, 7) is 14.9. The summed E-state index contributed by atoms with van der Waals surface area (Å²) in [5.74, 6) is 0.808. The molecular formula is C24H35ClFN5O2. The minimum atomic E-state index is -0.521. The van der Waals surface area contributed by atoms with Crippen LogP contribution in [0.2, 0.25) is 5.02 Å². The van der Waals surface area contributed by atoms with Crippen molar-refractivity contribution in [3.05, 3.63) is 34.4 Å². The van der Waals surface area contributed by atoms with E-state index in [9.17, 15) is 9.18 Å². The van der Waals surface area contributed by atoms with Crippen molar-refractivity contribution in [3.63, 3.8) is 0 Å². The first kappa shape index (κ1) is 25.3. The number of aryl methyl sites for hydroxylation is 1. The standard InChI is InChI=1S/C24H35ClFN5O2/c1-15-12-20(29-31(15)23(2,3)4)28-19-14-17(25)21(26)18(27-19)13-16-8-10-30(11-9-16)22(32)33-24(5,6)7/h12,14,16H,8-11,13H2,1-7H3,(H,27,28,29). The molecule has 0 atom stereocenters. The fraction of sp³-hybridized carbons (Fsp3) is 0.625. The first-order valence-electron chi connectivity index (χ1n) is 11.4. The average Bonchev–Trinajstić information content (AvgIpc) is 3.05. The van der Waals surface area contributed by atoms with Crippen LogP contribution in [0.25, 0.3) is 0 Å². The van der Waals surface area contributed by atoms with Gasteiger partial charge >= 0.3 is 6.09 Å². The third-order valence-electron chi connectivity index (χ3n) is 5.51. The number of anilines is 2. The van der Waals surface area contributed by atoms with Crippen LogP contribution in [0.5, 0.6) is 0 Å². The van der Waals surface area contributed by atoms with Crippen LogP contribution in [-0.2, 0) is 16.7 Å². The number of nitrogens with one attached hydrogen (secondary N) is 1. The summed E-state index contributed by atoms with van der Waals surface area (Å²) in [5, 5.41) is 7.79. The van der Waals surface area contributed by atoms with E-state index in [1.807, 2.05) is 38.4 Å². The third-order valence-corrected chi connectivity index (χ3v) is 5.78. The fourth-order valence-electron chi connectivity index (χ4n) is 4.01. The Morgan fingerprint density at radius 2 is 1.82 bits per heavy atom. The van der Waals surface area contributed by atoms with Crippen molar-refractivity contribution in [1.29, 1.82) is 0 Å². The lowest BCUT2D eigenvalue weighted by atomic mass is 9.92. The maximum Gasteiger partial charge on any atom is 0.410 e. The number of hydrogen-bond acceptors (Lipinski definition) is 5. The topological polar surface area (TPSA) is 72.3 Å². The number of nitrogens with zero attached hydrogens (tertiary/aromatic N) is 4. The van der Waals surface area contributed by atoms with Crippen molar-refractivity contribution in [1.82, 2.24) is 19.7 Å². The molecule has 3 heterocycles. The van der Waals surface area contributed by atoms with Crippen LogP contribution in [-0.4, -0.2) is 44.4 Å². The number of aromatic nitrogens is 3. The molecule has 0 aliphatic carbocycles. The minimum absolute atomic E-state index is 0.0284. The van der Waals surface area contributed by atoms with Crippen LogP contribution in [0.3, 0.4) is 0 Å². The molecule has 1 fully saturated rings. The Morgan fingerprint density at radius 1 is 1.18 bits per heavy atom. The van der Waals surface area contributed by atoms with Gasteiger partial charge in [-0.2, -0.15) is 5.10 Å². The van der Waals surface area contributed by atoms with Crippen molar-refractivity contribution >= 4 is 29.3 Å². The van der Waals surface area contributed by atoms with Crippen LogP contribution in [0.4, 0.5) is 20.8 Å². The summed E-state index contributed by atoms with van der Waals surface area (Å²) in [5.41, 5.74) is 0.659. The molecule has 1 aliphatic rings. The molecule has 9 heteroatoms. The molecule has 3 rings (SSSR count). The fourth-order valence-corrected chi connectivity index (χ4v) is 4.23. The zero-order chi connectivity index (χ0) is 24.6. The van der Waals surface area contributed by atoms with Gasteiger partial charge in [-0.25, -0.2) is 14.2 Å². The molecule has 0 aromatic carbocycles. The third kappa shape index (κ3) is 6.59. The quantitative estimate of drug-likeness (QED) is 0.576. The Morgan fingerprint density at radius 3 is 2.36 bits per heavy atom. The Balaban J connectivity index is 1.67. The zero-order valence-electron chi connectivity index (χ0n) is 20.6. The lowest BCUT2D eigenvalue weighted by molar-refractivity contribution is 0.0183. The zero-order valence-corrected chi connectivity index (χ0v) is 21.4. The summed E-state index contributed by atoms with van der Waals surface area (Å²) in [7, 11) is 0. The number of ether oxygens (including phenoxy) is 1. The Bertz CT molecular complexity index is 1000. The molecule has 1 aliphatic heterocycles. The number of carbonyl (C=O) groups excluding carboxylic acids is 1. The summed E-state index contributed by atoms with van der Waals surface area (Å²) >= 11 is 6.19. The van der Waals surface area contributed by atoms with Gasteiger partial charge in [-0.1, -0.05) is 11.6 Å². The van der Waals surface area contributed by atoms with Gasteiger partial charge in [-0.3, -0.25) is 4.68 Å². The number of piperidine rings is 1. The molecule has 0 spiro atoms. The van der Waals surface area contributed by atoms with Crippen molar-refractivity contribution in [2.45, 2.75) is 78.9 Å². The summed E-state index contributed by atoms with van der Waals surface area (Å²) < 4.78 is 22.1. The van der Waals surface area contributed by atoms with Crippen molar-refractivity contribution in [2.24, 2.45) is 5.92 Å². The predicted molar refractivity (Wildman–Crippen MR) is 129 cm³/mol. The van der Waals surface area contributed by atoms with E-state index in [0.29, 0.717) is 36.8 Å². The van der Waals surface area contributed by atoms with Gasteiger partial charge in [-0.05, 0) is 73.6 Å². The van der Waals surface area contributed by atoms with Crippen LogP contribution < -0.4 is 5.32 Å². The largest absolute Gasteiger partial charge is 0.444 e. The van der Waals surface area contributed by atoms with Crippen LogP contribution in [0.1, 0.15) is 65.8 Å². The average molecular weight is 480 g/mol. The van der Waals surface area contributed by atoms with E-state index in [1.165, 1.54) is 6.07 Å². The number of hydrogen-bond donors (Lipinski definition) is 1. The lowest BCUT2D eigenvalue weighted by Crippen LogP contribution is -2.42. The van der Waals surface area contributed by atoms with E-state index in [-0.39, 0.29) is 22.6 Å². The summed E-state index contributed by atoms with van der Waals surface area (Å²) in [6.07, 6.45) is 1.67. The molecule has 0 saturated carbocycles. The van der Waals surface area contributed by atoms with Gasteiger partial charge in [0.25, 0.3) is 0 Å². The van der Waals surface area contributed by atoms with Gasteiger partial charge in [0.1, 0.15) is 11.4 Å². The second-order valence-corrected chi connectivity index (χ2v) is 11.2. The van der Waals surface area contributed by atoms with Crippen LogP contribution in [0, 0.1) is 18.7 Å². The van der Waals surface area contributed by atoms with E-state index >= 15 is 0 Å². The van der Waals surface area contributed by atoms with Crippen molar-refractivity contribution in [2.75, 3.05) is 18.4 Å². The number of pyridine rings is 1. The van der Waals surface area contributed by atoms with Gasteiger partial charge in [0.15, 0.2) is 11.6 Å². The van der Waals surface area contributed by atoms with E-state index < -0.39 is 11.4 Å². The monoisotopic (exact) mass is 479 g/mol. The molecule has 182 valence electrons. The van der Waals surface area contributed by atoms with Crippen LogP contribution in [0.15, 0.2) is 12.1 Å². The number of carbonyl (C=O) groups is 1. The Labute approximate surface area is 200 Å². The highest BCUT2D eigenvalue weighted by Gasteiger charge is 2.28. The van der Waals surface area contributed by atoms with Gasteiger partial charge in [0.2, 0.25) is 0 Å². The molecule has 7 nitrogen and oxygen atoms in total. The maximum absolute atomic E-state index is 14.8. The summed E-state index contributed by atoms with van der Waals surface area (Å²) in [6, 6.07) is 3.41. The molecule has 1 saturated heterocycles. The first-order chi connectivity index (χ1) is 15.2. The molecular weight excluding hydrogens is 445 g/mol. The normalized spacial score (nSPS) is 15.6. The molecule has 0 radical (unpaired) electrons. The lowest BCUT2D eigenvalue weighted by Gasteiger charge is -2.33. The van der Waals surface area contributed by atoms with Crippen molar-refractivity contribution in [3.8, 4) is 0 Å². The van der Waals surface area contributed by atoms with E-state index in [0.717, 1.165) is 18.5 Å². The van der Waals surface area contributed by atoms with E-state index in [2.05, 4.69) is 36.2 Å². The smallest absolute Gasteiger partial charge is 0.410 e. The number of halogens is 2. The number of likely N-dealkylation sites (tertiary alicyclic amines) is 1. The summed E-state index contributed by atoms with van der Waals surface area (Å²) in [4.78, 5) is 18.5. The maximum atomic E-state index is 14.8. The molecule has 1 N–H and O–H groups in total. The van der Waals surface area contributed by atoms with E-state index in [4.69, 9.17) is 16.3 Å². The highest BCUT2D eigenvalue weighted by Crippen LogP contribution is 2.29. The van der Waals surface area contributed by atoms with E-state index in [1.54, 1.807) is 4.90 Å². The van der Waals surface area contributed by atoms with Gasteiger partial charge in [-0.15, -0.1) is 0 Å². The second kappa shape index (κ2) is 9.49. The van der Waals surface area contributed by atoms with Crippen LogP contribution >= 0.6 is 11.6 Å². The van der Waals surface area contributed by atoms with Gasteiger partial charge in [0, 0.05) is 30.9 Å². The van der Waals surface area contributed by atoms with Gasteiger partial charge in [0.05, 0.1) is 16.3 Å². The molecule has 33 heavy (non-hydrogen) atoms. The SMILES string of the molecule is Cc1cc(Nc2cc(Cl)c(F)c(CC3CCN(C(=O)OC(C)(C)C)CC3)n2)nn1C(C)(C)C.